The van der Waals surface area contributed by atoms with Gasteiger partial charge in [0, 0.05) is 12.5 Å². The van der Waals surface area contributed by atoms with Crippen LogP contribution < -0.4 is 5.73 Å². The lowest BCUT2D eigenvalue weighted by atomic mass is 9.92. The van der Waals surface area contributed by atoms with Gasteiger partial charge >= 0.3 is 5.97 Å². The molecular weight excluding hydrogens is 186 g/mol. The van der Waals surface area contributed by atoms with Gasteiger partial charge in [0.05, 0.1) is 7.11 Å². The van der Waals surface area contributed by atoms with E-state index in [2.05, 4.69) is 4.74 Å². The number of hydrogen-bond donors (Lipinski definition) is 1. The summed E-state index contributed by atoms with van der Waals surface area (Å²) in [5.74, 6) is 2.43. The van der Waals surface area contributed by atoms with Crippen LogP contribution in [0.4, 0.5) is 0 Å². The first-order valence-corrected chi connectivity index (χ1v) is 5.79. The predicted molar refractivity (Wildman–Crippen MR) is 54.7 cm³/mol. The quantitative estimate of drug-likeness (QED) is 0.681. The Balaban J connectivity index is 2.40. The maximum absolute atomic E-state index is 11.1. The van der Waals surface area contributed by atoms with Crippen LogP contribution in [0.5, 0.6) is 0 Å². The fourth-order valence-electron chi connectivity index (χ4n) is 1.56. The molecule has 3 nitrogen and oxygen atoms in total. The third kappa shape index (κ3) is 3.56. The van der Waals surface area contributed by atoms with Gasteiger partial charge < -0.3 is 10.5 Å². The van der Waals surface area contributed by atoms with Crippen LogP contribution >= 0.6 is 11.8 Å². The standard InChI is InChI=1S/C9H17NO2S/c1-12-9(11)6-7-2-4-13-5-3-8(7)10/h7-8H,2-6,10H2,1H3. The monoisotopic (exact) mass is 203 g/mol. The van der Waals surface area contributed by atoms with E-state index in [4.69, 9.17) is 5.73 Å². The third-order valence-electron chi connectivity index (χ3n) is 2.49. The number of ether oxygens (including phenoxy) is 1. The summed E-state index contributed by atoms with van der Waals surface area (Å²) in [7, 11) is 1.43. The van der Waals surface area contributed by atoms with Crippen molar-refractivity contribution in [3.63, 3.8) is 0 Å². The van der Waals surface area contributed by atoms with Gasteiger partial charge in [-0.05, 0) is 30.3 Å². The van der Waals surface area contributed by atoms with E-state index in [0.29, 0.717) is 12.3 Å². The maximum atomic E-state index is 11.1. The van der Waals surface area contributed by atoms with Crippen LogP contribution in [0.2, 0.25) is 0 Å². The summed E-state index contributed by atoms with van der Waals surface area (Å²) < 4.78 is 4.64. The predicted octanol–water partition coefficient (Wildman–Crippen LogP) is 1.02. The molecule has 2 atom stereocenters. The van der Waals surface area contributed by atoms with Crippen LogP contribution in [-0.4, -0.2) is 30.6 Å². The second kappa shape index (κ2) is 5.50. The lowest BCUT2D eigenvalue weighted by Gasteiger charge is -2.19. The summed E-state index contributed by atoms with van der Waals surface area (Å²) in [4.78, 5) is 11.1. The molecule has 0 aromatic rings. The van der Waals surface area contributed by atoms with Crippen molar-refractivity contribution in [3.8, 4) is 0 Å². The smallest absolute Gasteiger partial charge is 0.305 e. The van der Waals surface area contributed by atoms with E-state index in [-0.39, 0.29) is 12.0 Å². The first-order chi connectivity index (χ1) is 6.24. The molecule has 0 aliphatic carbocycles. The minimum Gasteiger partial charge on any atom is -0.469 e. The highest BCUT2D eigenvalue weighted by molar-refractivity contribution is 7.99. The van der Waals surface area contributed by atoms with E-state index in [0.717, 1.165) is 24.3 Å². The molecule has 0 radical (unpaired) electrons. The Morgan fingerprint density at radius 3 is 2.92 bits per heavy atom. The molecule has 0 aromatic carbocycles. The van der Waals surface area contributed by atoms with Gasteiger partial charge in [-0.2, -0.15) is 11.8 Å². The van der Waals surface area contributed by atoms with E-state index < -0.39 is 0 Å². The minimum atomic E-state index is -0.132. The molecule has 0 saturated carbocycles. The number of rotatable bonds is 2. The molecule has 0 amide bonds. The van der Waals surface area contributed by atoms with Gasteiger partial charge in [-0.15, -0.1) is 0 Å². The molecular formula is C9H17NO2S. The molecule has 1 saturated heterocycles. The highest BCUT2D eigenvalue weighted by Crippen LogP contribution is 2.24. The fourth-order valence-corrected chi connectivity index (χ4v) is 2.67. The summed E-state index contributed by atoms with van der Waals surface area (Å²) >= 11 is 1.93. The number of nitrogens with two attached hydrogens (primary N) is 1. The molecule has 13 heavy (non-hydrogen) atoms. The van der Waals surface area contributed by atoms with E-state index >= 15 is 0 Å². The molecule has 76 valence electrons. The molecule has 0 spiro atoms. The van der Waals surface area contributed by atoms with Gasteiger partial charge in [-0.25, -0.2) is 0 Å². The van der Waals surface area contributed by atoms with Crippen molar-refractivity contribution in [2.75, 3.05) is 18.6 Å². The number of carbonyl (C=O) groups excluding carboxylic acids is 1. The van der Waals surface area contributed by atoms with Crippen molar-refractivity contribution in [1.82, 2.24) is 0 Å². The van der Waals surface area contributed by atoms with Crippen molar-refractivity contribution >= 4 is 17.7 Å². The van der Waals surface area contributed by atoms with E-state index in [1.807, 2.05) is 11.8 Å². The normalized spacial score (nSPS) is 29.4. The number of carbonyl (C=O) groups is 1. The maximum Gasteiger partial charge on any atom is 0.305 e. The van der Waals surface area contributed by atoms with Crippen molar-refractivity contribution in [3.05, 3.63) is 0 Å². The van der Waals surface area contributed by atoms with E-state index in [1.165, 1.54) is 7.11 Å². The van der Waals surface area contributed by atoms with Crippen LogP contribution in [0, 0.1) is 5.92 Å². The highest BCUT2D eigenvalue weighted by atomic mass is 32.2. The molecule has 1 aliphatic heterocycles. The Morgan fingerprint density at radius 1 is 1.54 bits per heavy atom. The van der Waals surface area contributed by atoms with E-state index in [9.17, 15) is 4.79 Å². The molecule has 1 rings (SSSR count). The zero-order valence-corrected chi connectivity index (χ0v) is 8.81. The molecule has 0 bridgehead atoms. The van der Waals surface area contributed by atoms with Crippen molar-refractivity contribution in [1.29, 1.82) is 0 Å². The number of esters is 1. The second-order valence-corrected chi connectivity index (χ2v) is 4.62. The van der Waals surface area contributed by atoms with Gasteiger partial charge in [0.25, 0.3) is 0 Å². The average molecular weight is 203 g/mol. The zero-order valence-electron chi connectivity index (χ0n) is 7.99. The number of thioether (sulfide) groups is 1. The van der Waals surface area contributed by atoms with Crippen LogP contribution in [0.15, 0.2) is 0 Å². The summed E-state index contributed by atoms with van der Waals surface area (Å²) in [5, 5.41) is 0. The lowest BCUT2D eigenvalue weighted by molar-refractivity contribution is -0.141. The largest absolute Gasteiger partial charge is 0.469 e. The molecule has 1 heterocycles. The van der Waals surface area contributed by atoms with Gasteiger partial charge in [0.15, 0.2) is 0 Å². The van der Waals surface area contributed by atoms with Gasteiger partial charge in [0.1, 0.15) is 0 Å². The Kier molecular flexibility index (Phi) is 4.59. The number of hydrogen-bond acceptors (Lipinski definition) is 4. The summed E-state index contributed by atoms with van der Waals surface area (Å²) in [6.45, 7) is 0. The molecule has 1 fully saturated rings. The SMILES string of the molecule is COC(=O)CC1CCSCCC1N. The molecule has 0 aromatic heterocycles. The topological polar surface area (TPSA) is 52.3 Å². The van der Waals surface area contributed by atoms with Crippen molar-refractivity contribution in [2.45, 2.75) is 25.3 Å². The van der Waals surface area contributed by atoms with E-state index in [1.54, 1.807) is 0 Å². The highest BCUT2D eigenvalue weighted by Gasteiger charge is 2.23. The minimum absolute atomic E-state index is 0.132. The van der Waals surface area contributed by atoms with Crippen LogP contribution in [0.25, 0.3) is 0 Å². The summed E-state index contributed by atoms with van der Waals surface area (Å²) in [6.07, 6.45) is 2.55. The Bertz CT molecular complexity index is 175. The second-order valence-electron chi connectivity index (χ2n) is 3.39. The zero-order chi connectivity index (χ0) is 9.68. The van der Waals surface area contributed by atoms with Gasteiger partial charge in [-0.3, -0.25) is 4.79 Å². The first kappa shape index (κ1) is 10.9. The summed E-state index contributed by atoms with van der Waals surface area (Å²) in [6, 6.07) is 0.175. The van der Waals surface area contributed by atoms with Gasteiger partial charge in [0.2, 0.25) is 0 Å². The van der Waals surface area contributed by atoms with Crippen molar-refractivity contribution in [2.24, 2.45) is 11.7 Å². The fraction of sp³-hybridized carbons (Fsp3) is 0.889. The van der Waals surface area contributed by atoms with Crippen molar-refractivity contribution < 1.29 is 9.53 Å². The molecule has 4 heteroatoms. The Hall–Kier alpha value is -0.220. The number of methoxy groups -OCH3 is 1. The molecule has 2 unspecified atom stereocenters. The van der Waals surface area contributed by atoms with Crippen LogP contribution in [0.3, 0.4) is 0 Å². The first-order valence-electron chi connectivity index (χ1n) is 4.64. The average Bonchev–Trinajstić information content (AvgIpc) is 2.32. The molecule has 1 aliphatic rings. The third-order valence-corrected chi connectivity index (χ3v) is 3.54. The molecule has 2 N–H and O–H groups in total. The van der Waals surface area contributed by atoms with Crippen LogP contribution in [-0.2, 0) is 9.53 Å². The van der Waals surface area contributed by atoms with Gasteiger partial charge in [-0.1, -0.05) is 0 Å². The summed E-state index contributed by atoms with van der Waals surface area (Å²) in [5.41, 5.74) is 5.96. The Morgan fingerprint density at radius 2 is 2.23 bits per heavy atom. The Labute approximate surface area is 83.4 Å². The van der Waals surface area contributed by atoms with Crippen LogP contribution in [0.1, 0.15) is 19.3 Å². The lowest BCUT2D eigenvalue weighted by Crippen LogP contribution is -2.31.